The molecule has 5 nitrogen and oxygen atoms in total. The zero-order valence-electron chi connectivity index (χ0n) is 15.5. The van der Waals surface area contributed by atoms with Crippen molar-refractivity contribution in [1.82, 2.24) is 10.6 Å². The minimum atomic E-state index is -0.0897. The van der Waals surface area contributed by atoms with Crippen LogP contribution >= 0.6 is 11.8 Å². The molecule has 2 amide bonds. The first-order chi connectivity index (χ1) is 11.7. The van der Waals surface area contributed by atoms with Gasteiger partial charge in [0, 0.05) is 22.8 Å². The van der Waals surface area contributed by atoms with Gasteiger partial charge in [0.15, 0.2) is 0 Å². The van der Waals surface area contributed by atoms with Crippen molar-refractivity contribution in [3.8, 4) is 0 Å². The van der Waals surface area contributed by atoms with E-state index < -0.39 is 0 Å². The van der Waals surface area contributed by atoms with Crippen LogP contribution in [0.15, 0.2) is 30.3 Å². The van der Waals surface area contributed by atoms with Crippen molar-refractivity contribution in [3.05, 3.63) is 30.3 Å². The number of carbonyl (C=O) groups excluding carboxylic acids is 2. The number of para-hydroxylation sites is 1. The summed E-state index contributed by atoms with van der Waals surface area (Å²) in [4.78, 5) is 24.1. The molecule has 0 atom stereocenters. The predicted octanol–water partition coefficient (Wildman–Crippen LogP) is 2.78. The minimum Gasteiger partial charge on any atom is -0.353 e. The Bertz CT molecular complexity index is 586. The lowest BCUT2D eigenvalue weighted by atomic mass is 9.79. The predicted molar refractivity (Wildman–Crippen MR) is 105 cm³/mol. The summed E-state index contributed by atoms with van der Waals surface area (Å²) in [5.74, 6) is 0.475. The third-order valence-corrected chi connectivity index (χ3v) is 5.01. The van der Waals surface area contributed by atoms with E-state index in [1.165, 1.54) is 11.8 Å². The Labute approximate surface area is 154 Å². The Balaban J connectivity index is 1.71. The van der Waals surface area contributed by atoms with E-state index in [4.69, 9.17) is 0 Å². The fourth-order valence-corrected chi connectivity index (χ4v) is 4.28. The number of amides is 2. The van der Waals surface area contributed by atoms with Crippen LogP contribution in [0.3, 0.4) is 0 Å². The molecule has 0 radical (unpaired) electrons. The molecule has 0 aromatic heterocycles. The van der Waals surface area contributed by atoms with Crippen LogP contribution in [0.25, 0.3) is 0 Å². The second-order valence-electron chi connectivity index (χ2n) is 7.97. The van der Waals surface area contributed by atoms with E-state index >= 15 is 0 Å². The molecular formula is C19H29N3O2S. The van der Waals surface area contributed by atoms with Gasteiger partial charge in [-0.2, -0.15) is 0 Å². The number of benzene rings is 1. The number of hydrogen-bond donors (Lipinski definition) is 3. The van der Waals surface area contributed by atoms with Crippen LogP contribution in [-0.4, -0.2) is 40.4 Å². The summed E-state index contributed by atoms with van der Waals surface area (Å²) in [5.41, 5.74) is 0.780. The fourth-order valence-electron chi connectivity index (χ4n) is 3.65. The summed E-state index contributed by atoms with van der Waals surface area (Å²) >= 11 is 1.34. The average molecular weight is 364 g/mol. The molecule has 1 aliphatic rings. The highest BCUT2D eigenvalue weighted by molar-refractivity contribution is 8.00. The lowest BCUT2D eigenvalue weighted by molar-refractivity contribution is -0.119. The highest BCUT2D eigenvalue weighted by atomic mass is 32.2. The Morgan fingerprint density at radius 2 is 1.60 bits per heavy atom. The summed E-state index contributed by atoms with van der Waals surface area (Å²) in [6.45, 7) is 8.65. The molecule has 0 bridgehead atoms. The number of rotatable bonds is 6. The molecule has 1 heterocycles. The van der Waals surface area contributed by atoms with Crippen molar-refractivity contribution in [2.75, 3.05) is 16.8 Å². The first-order valence-electron chi connectivity index (χ1n) is 8.67. The van der Waals surface area contributed by atoms with Gasteiger partial charge in [-0.15, -0.1) is 11.8 Å². The van der Waals surface area contributed by atoms with E-state index in [1.807, 2.05) is 30.3 Å². The summed E-state index contributed by atoms with van der Waals surface area (Å²) in [7, 11) is 0. The number of anilines is 1. The second kappa shape index (κ2) is 8.23. The topological polar surface area (TPSA) is 70.2 Å². The molecule has 6 heteroatoms. The van der Waals surface area contributed by atoms with E-state index in [0.29, 0.717) is 5.75 Å². The summed E-state index contributed by atoms with van der Waals surface area (Å²) in [6.07, 6.45) is 1.81. The molecule has 1 aromatic rings. The van der Waals surface area contributed by atoms with Gasteiger partial charge < -0.3 is 16.0 Å². The molecule has 2 rings (SSSR count). The molecule has 138 valence electrons. The quantitative estimate of drug-likeness (QED) is 0.727. The molecule has 1 saturated heterocycles. The maximum absolute atomic E-state index is 12.2. The zero-order valence-corrected chi connectivity index (χ0v) is 16.3. The number of piperidine rings is 1. The minimum absolute atomic E-state index is 0.00239. The summed E-state index contributed by atoms with van der Waals surface area (Å²) < 4.78 is 0. The molecule has 0 unspecified atom stereocenters. The van der Waals surface area contributed by atoms with Crippen molar-refractivity contribution in [2.45, 2.75) is 57.7 Å². The molecule has 1 fully saturated rings. The Morgan fingerprint density at radius 3 is 2.20 bits per heavy atom. The van der Waals surface area contributed by atoms with Gasteiger partial charge in [-0.1, -0.05) is 18.2 Å². The largest absolute Gasteiger partial charge is 0.353 e. The highest BCUT2D eigenvalue weighted by Gasteiger charge is 2.38. The molecule has 1 aromatic carbocycles. The Morgan fingerprint density at radius 1 is 1.04 bits per heavy atom. The molecule has 0 aliphatic carbocycles. The van der Waals surface area contributed by atoms with Crippen LogP contribution in [0.5, 0.6) is 0 Å². The monoisotopic (exact) mass is 363 g/mol. The normalized spacial score (nSPS) is 19.2. The number of nitrogens with one attached hydrogen (secondary N) is 3. The second-order valence-corrected chi connectivity index (χ2v) is 8.96. The zero-order chi connectivity index (χ0) is 18.5. The Hall–Kier alpha value is -1.53. The van der Waals surface area contributed by atoms with Gasteiger partial charge in [-0.3, -0.25) is 9.59 Å². The molecule has 0 saturated carbocycles. The lowest BCUT2D eigenvalue weighted by Gasteiger charge is -2.46. The van der Waals surface area contributed by atoms with Crippen LogP contribution in [0.2, 0.25) is 0 Å². The number of thioether (sulfide) groups is 1. The fraction of sp³-hybridized carbons (Fsp3) is 0.579. The van der Waals surface area contributed by atoms with Crippen LogP contribution in [0.1, 0.15) is 40.5 Å². The average Bonchev–Trinajstić information content (AvgIpc) is 2.44. The molecule has 25 heavy (non-hydrogen) atoms. The van der Waals surface area contributed by atoms with Crippen molar-refractivity contribution in [2.24, 2.45) is 0 Å². The van der Waals surface area contributed by atoms with Crippen LogP contribution in [0.4, 0.5) is 5.69 Å². The SMILES string of the molecule is CC1(C)CC(NC(=O)CSCC(=O)Nc2ccccc2)CC(C)(C)N1. The van der Waals surface area contributed by atoms with Crippen LogP contribution in [-0.2, 0) is 9.59 Å². The molecular weight excluding hydrogens is 334 g/mol. The van der Waals surface area contributed by atoms with E-state index in [2.05, 4.69) is 43.6 Å². The smallest absolute Gasteiger partial charge is 0.234 e. The van der Waals surface area contributed by atoms with Gasteiger partial charge in [0.25, 0.3) is 0 Å². The van der Waals surface area contributed by atoms with E-state index in [-0.39, 0.29) is 34.7 Å². The van der Waals surface area contributed by atoms with Gasteiger partial charge in [0.05, 0.1) is 11.5 Å². The molecule has 1 aliphatic heterocycles. The lowest BCUT2D eigenvalue weighted by Crippen LogP contribution is -2.62. The van der Waals surface area contributed by atoms with E-state index in [9.17, 15) is 9.59 Å². The number of hydrogen-bond acceptors (Lipinski definition) is 4. The maximum Gasteiger partial charge on any atom is 0.234 e. The molecule has 3 N–H and O–H groups in total. The van der Waals surface area contributed by atoms with Crippen molar-refractivity contribution >= 4 is 29.3 Å². The maximum atomic E-state index is 12.2. The van der Waals surface area contributed by atoms with Gasteiger partial charge in [-0.25, -0.2) is 0 Å². The van der Waals surface area contributed by atoms with Gasteiger partial charge in [0.2, 0.25) is 11.8 Å². The van der Waals surface area contributed by atoms with Crippen LogP contribution < -0.4 is 16.0 Å². The Kier molecular flexibility index (Phi) is 6.52. The first kappa shape index (κ1) is 19.8. The third-order valence-electron chi connectivity index (χ3n) is 4.08. The molecule has 0 spiro atoms. The van der Waals surface area contributed by atoms with Crippen molar-refractivity contribution in [3.63, 3.8) is 0 Å². The summed E-state index contributed by atoms with van der Waals surface area (Å²) in [6, 6.07) is 9.50. The third kappa shape index (κ3) is 7.08. The number of carbonyl (C=O) groups is 2. The van der Waals surface area contributed by atoms with Gasteiger partial charge >= 0.3 is 0 Å². The van der Waals surface area contributed by atoms with Gasteiger partial charge in [-0.05, 0) is 52.7 Å². The summed E-state index contributed by atoms with van der Waals surface area (Å²) in [5, 5.41) is 9.55. The highest BCUT2D eigenvalue weighted by Crippen LogP contribution is 2.28. The van der Waals surface area contributed by atoms with E-state index in [1.54, 1.807) is 0 Å². The van der Waals surface area contributed by atoms with Crippen LogP contribution in [0, 0.1) is 0 Å². The first-order valence-corrected chi connectivity index (χ1v) is 9.82. The standard InChI is InChI=1S/C19H29N3O2S/c1-18(2)10-15(11-19(3,4)22-18)21-17(24)13-25-12-16(23)20-14-8-6-5-7-9-14/h5-9,15,22H,10-13H2,1-4H3,(H,20,23)(H,21,24). The van der Waals surface area contributed by atoms with E-state index in [0.717, 1.165) is 18.5 Å². The van der Waals surface area contributed by atoms with Crippen molar-refractivity contribution in [1.29, 1.82) is 0 Å². The van der Waals surface area contributed by atoms with Crippen molar-refractivity contribution < 1.29 is 9.59 Å². The van der Waals surface area contributed by atoms with Gasteiger partial charge in [0.1, 0.15) is 0 Å².